The summed E-state index contributed by atoms with van der Waals surface area (Å²) in [5, 5.41) is 0. The fourth-order valence-corrected chi connectivity index (χ4v) is 2.34. The number of aryl methyl sites for hydroxylation is 1. The second-order valence-corrected chi connectivity index (χ2v) is 6.66. The number of ether oxygens (including phenoxy) is 2. The number of carbonyl (C=O) groups is 1. The number of benzene rings is 1. The number of hydrogen-bond acceptors (Lipinski definition) is 4. The van der Waals surface area contributed by atoms with Crippen molar-refractivity contribution < 1.29 is 18.7 Å². The molecule has 26 heavy (non-hydrogen) atoms. The van der Waals surface area contributed by atoms with Gasteiger partial charge in [0.1, 0.15) is 11.5 Å². The standard InChI is InChI=1S/C21H27NO4/c1-15(2)14-25-19-10-7-17(12-20(19)24-5)8-11-21(23)22(4)13-18-9-6-16(3)26-18/h6-12,15H,13-14H2,1-5H3/b11-8+. The molecule has 0 aliphatic carbocycles. The van der Waals surface area contributed by atoms with E-state index in [0.717, 1.165) is 17.1 Å². The van der Waals surface area contributed by atoms with Gasteiger partial charge in [0.05, 0.1) is 20.3 Å². The molecule has 0 N–H and O–H groups in total. The number of methoxy groups -OCH3 is 1. The number of likely N-dealkylation sites (N-methyl/N-ethyl adjacent to an activating group) is 1. The van der Waals surface area contributed by atoms with Crippen LogP contribution in [0.5, 0.6) is 11.5 Å². The first-order valence-corrected chi connectivity index (χ1v) is 8.68. The molecule has 1 aromatic heterocycles. The van der Waals surface area contributed by atoms with E-state index in [1.807, 2.05) is 37.3 Å². The maximum atomic E-state index is 12.3. The molecule has 5 heteroatoms. The van der Waals surface area contributed by atoms with Crippen LogP contribution in [0.25, 0.3) is 6.08 Å². The SMILES string of the molecule is COc1cc(/C=C/C(=O)N(C)Cc2ccc(C)o2)ccc1OCC(C)C. The van der Waals surface area contributed by atoms with Gasteiger partial charge in [0.15, 0.2) is 11.5 Å². The fraction of sp³-hybridized carbons (Fsp3) is 0.381. The molecule has 140 valence electrons. The lowest BCUT2D eigenvalue weighted by molar-refractivity contribution is -0.125. The third kappa shape index (κ3) is 5.69. The fourth-order valence-electron chi connectivity index (χ4n) is 2.34. The van der Waals surface area contributed by atoms with E-state index in [2.05, 4.69) is 13.8 Å². The van der Waals surface area contributed by atoms with Gasteiger partial charge in [0.25, 0.3) is 0 Å². The quantitative estimate of drug-likeness (QED) is 0.661. The van der Waals surface area contributed by atoms with Crippen molar-refractivity contribution >= 4 is 12.0 Å². The van der Waals surface area contributed by atoms with Crippen molar-refractivity contribution in [1.29, 1.82) is 0 Å². The van der Waals surface area contributed by atoms with Gasteiger partial charge in [-0.3, -0.25) is 4.79 Å². The van der Waals surface area contributed by atoms with E-state index in [1.54, 1.807) is 31.2 Å². The summed E-state index contributed by atoms with van der Waals surface area (Å²) in [5.74, 6) is 3.29. The highest BCUT2D eigenvalue weighted by molar-refractivity contribution is 5.91. The van der Waals surface area contributed by atoms with Crippen LogP contribution >= 0.6 is 0 Å². The lowest BCUT2D eigenvalue weighted by atomic mass is 10.2. The number of carbonyl (C=O) groups excluding carboxylic acids is 1. The van der Waals surface area contributed by atoms with Crippen molar-refractivity contribution in [3.8, 4) is 11.5 Å². The molecular weight excluding hydrogens is 330 g/mol. The van der Waals surface area contributed by atoms with Crippen LogP contribution in [0.2, 0.25) is 0 Å². The van der Waals surface area contributed by atoms with E-state index >= 15 is 0 Å². The van der Waals surface area contributed by atoms with Crippen LogP contribution in [-0.2, 0) is 11.3 Å². The molecule has 0 radical (unpaired) electrons. The van der Waals surface area contributed by atoms with E-state index in [1.165, 1.54) is 0 Å². The van der Waals surface area contributed by atoms with Crippen LogP contribution in [0, 0.1) is 12.8 Å². The topological polar surface area (TPSA) is 51.9 Å². The van der Waals surface area contributed by atoms with Crippen molar-refractivity contribution in [3.05, 3.63) is 53.5 Å². The molecule has 0 unspecified atom stereocenters. The van der Waals surface area contributed by atoms with E-state index in [9.17, 15) is 4.79 Å². The smallest absolute Gasteiger partial charge is 0.246 e. The van der Waals surface area contributed by atoms with E-state index < -0.39 is 0 Å². The molecule has 1 heterocycles. The Morgan fingerprint density at radius 2 is 2.00 bits per heavy atom. The van der Waals surface area contributed by atoms with E-state index in [-0.39, 0.29) is 5.91 Å². The summed E-state index contributed by atoms with van der Waals surface area (Å²) < 4.78 is 16.6. The third-order valence-electron chi connectivity index (χ3n) is 3.74. The largest absolute Gasteiger partial charge is 0.493 e. The second kappa shape index (κ2) is 9.13. The lowest BCUT2D eigenvalue weighted by Crippen LogP contribution is -2.23. The summed E-state index contributed by atoms with van der Waals surface area (Å²) in [6.07, 6.45) is 3.31. The zero-order valence-electron chi connectivity index (χ0n) is 16.1. The lowest BCUT2D eigenvalue weighted by Gasteiger charge is -2.14. The molecule has 0 bridgehead atoms. The summed E-state index contributed by atoms with van der Waals surface area (Å²) >= 11 is 0. The molecule has 0 spiro atoms. The van der Waals surface area contributed by atoms with Gasteiger partial charge in [-0.25, -0.2) is 0 Å². The molecule has 1 amide bonds. The van der Waals surface area contributed by atoms with Crippen LogP contribution in [0.1, 0.15) is 30.9 Å². The van der Waals surface area contributed by atoms with Crippen molar-refractivity contribution in [2.45, 2.75) is 27.3 Å². The molecule has 0 fully saturated rings. The Morgan fingerprint density at radius 3 is 2.62 bits per heavy atom. The van der Waals surface area contributed by atoms with E-state index in [0.29, 0.717) is 30.6 Å². The predicted octanol–water partition coefficient (Wildman–Crippen LogP) is 4.30. The summed E-state index contributed by atoms with van der Waals surface area (Å²) in [6, 6.07) is 9.39. The van der Waals surface area contributed by atoms with Crippen molar-refractivity contribution in [1.82, 2.24) is 4.90 Å². The Labute approximate surface area is 155 Å². The molecule has 0 saturated carbocycles. The zero-order valence-corrected chi connectivity index (χ0v) is 16.1. The van der Waals surface area contributed by atoms with Gasteiger partial charge in [0.2, 0.25) is 5.91 Å². The van der Waals surface area contributed by atoms with Crippen LogP contribution in [-0.4, -0.2) is 31.6 Å². The van der Waals surface area contributed by atoms with Crippen molar-refractivity contribution in [3.63, 3.8) is 0 Å². The molecular formula is C21H27NO4. The Kier molecular flexibility index (Phi) is 6.89. The van der Waals surface area contributed by atoms with Crippen molar-refractivity contribution in [2.24, 2.45) is 5.92 Å². The monoisotopic (exact) mass is 357 g/mol. The molecule has 0 saturated heterocycles. The van der Waals surface area contributed by atoms with Gasteiger partial charge in [-0.05, 0) is 48.7 Å². The Morgan fingerprint density at radius 1 is 1.23 bits per heavy atom. The normalized spacial score (nSPS) is 11.2. The summed E-state index contributed by atoms with van der Waals surface area (Å²) in [6.45, 7) is 7.13. The second-order valence-electron chi connectivity index (χ2n) is 6.66. The highest BCUT2D eigenvalue weighted by atomic mass is 16.5. The zero-order chi connectivity index (χ0) is 19.1. The summed E-state index contributed by atoms with van der Waals surface area (Å²) in [5.41, 5.74) is 0.870. The average Bonchev–Trinajstić information content (AvgIpc) is 3.02. The number of furan rings is 1. The minimum atomic E-state index is -0.0989. The Hall–Kier alpha value is -2.69. The first kappa shape index (κ1) is 19.6. The molecule has 2 rings (SSSR count). The maximum Gasteiger partial charge on any atom is 0.246 e. The van der Waals surface area contributed by atoms with Gasteiger partial charge in [0, 0.05) is 13.1 Å². The number of amides is 1. The van der Waals surface area contributed by atoms with Crippen LogP contribution in [0.4, 0.5) is 0 Å². The molecule has 0 aliphatic rings. The molecule has 0 aliphatic heterocycles. The Bertz CT molecular complexity index is 761. The van der Waals surface area contributed by atoms with Gasteiger partial charge in [-0.15, -0.1) is 0 Å². The number of nitrogens with zero attached hydrogens (tertiary/aromatic N) is 1. The van der Waals surface area contributed by atoms with Crippen LogP contribution in [0.15, 0.2) is 40.8 Å². The predicted molar refractivity (Wildman–Crippen MR) is 102 cm³/mol. The van der Waals surface area contributed by atoms with Crippen molar-refractivity contribution in [2.75, 3.05) is 20.8 Å². The number of rotatable bonds is 8. The molecule has 0 atom stereocenters. The highest BCUT2D eigenvalue weighted by Gasteiger charge is 2.09. The van der Waals surface area contributed by atoms with Crippen LogP contribution in [0.3, 0.4) is 0 Å². The van der Waals surface area contributed by atoms with Gasteiger partial charge in [-0.2, -0.15) is 0 Å². The summed E-state index contributed by atoms with van der Waals surface area (Å²) in [4.78, 5) is 13.9. The first-order chi connectivity index (χ1) is 12.4. The van der Waals surface area contributed by atoms with Crippen LogP contribution < -0.4 is 9.47 Å². The van der Waals surface area contributed by atoms with Gasteiger partial charge >= 0.3 is 0 Å². The minimum absolute atomic E-state index is 0.0989. The molecule has 5 nitrogen and oxygen atoms in total. The Balaban J connectivity index is 2.00. The maximum absolute atomic E-state index is 12.3. The van der Waals surface area contributed by atoms with Gasteiger partial charge in [-0.1, -0.05) is 19.9 Å². The number of hydrogen-bond donors (Lipinski definition) is 0. The summed E-state index contributed by atoms with van der Waals surface area (Å²) in [7, 11) is 3.35. The van der Waals surface area contributed by atoms with Gasteiger partial charge < -0.3 is 18.8 Å². The highest BCUT2D eigenvalue weighted by Crippen LogP contribution is 2.29. The minimum Gasteiger partial charge on any atom is -0.493 e. The molecule has 2 aromatic rings. The third-order valence-corrected chi connectivity index (χ3v) is 3.74. The average molecular weight is 357 g/mol. The van der Waals surface area contributed by atoms with E-state index in [4.69, 9.17) is 13.9 Å². The first-order valence-electron chi connectivity index (χ1n) is 8.68. The molecule has 1 aromatic carbocycles.